The highest BCUT2D eigenvalue weighted by Crippen LogP contribution is 2.31. The molecule has 1 spiro atoms. The van der Waals surface area contributed by atoms with Crippen LogP contribution >= 0.6 is 0 Å². The first-order valence-corrected chi connectivity index (χ1v) is 8.83. The molecule has 0 unspecified atom stereocenters. The van der Waals surface area contributed by atoms with E-state index in [4.69, 9.17) is 9.15 Å². The Kier molecular flexibility index (Phi) is 4.55. The minimum Gasteiger partial charge on any atom is -0.459 e. The highest BCUT2D eigenvalue weighted by Gasteiger charge is 2.41. The predicted octanol–water partition coefficient (Wildman–Crippen LogP) is 2.18. The zero-order valence-corrected chi connectivity index (χ0v) is 14.3. The van der Waals surface area contributed by atoms with Crippen molar-refractivity contribution in [1.82, 2.24) is 14.8 Å². The number of rotatable bonds is 3. The lowest BCUT2D eigenvalue weighted by Crippen LogP contribution is -2.57. The summed E-state index contributed by atoms with van der Waals surface area (Å²) in [6.07, 6.45) is 5.24. The van der Waals surface area contributed by atoms with Gasteiger partial charge in [0, 0.05) is 32.4 Å². The van der Waals surface area contributed by atoms with Crippen molar-refractivity contribution in [2.75, 3.05) is 32.8 Å². The topological polar surface area (TPSA) is 58.8 Å². The summed E-state index contributed by atoms with van der Waals surface area (Å²) in [5, 5.41) is 0. The molecule has 2 aromatic heterocycles. The Morgan fingerprint density at radius 2 is 2.04 bits per heavy atom. The van der Waals surface area contributed by atoms with Gasteiger partial charge in [-0.25, -0.2) is 0 Å². The number of carbonyl (C=O) groups is 1. The highest BCUT2D eigenvalue weighted by molar-refractivity contribution is 5.91. The van der Waals surface area contributed by atoms with Crippen LogP contribution in [0.5, 0.6) is 0 Å². The fraction of sp³-hybridized carbons (Fsp3) is 0.474. The molecule has 1 amide bonds. The van der Waals surface area contributed by atoms with Crippen LogP contribution < -0.4 is 0 Å². The van der Waals surface area contributed by atoms with Gasteiger partial charge in [-0.1, -0.05) is 6.07 Å². The Bertz CT molecular complexity index is 694. The Morgan fingerprint density at radius 1 is 1.16 bits per heavy atom. The second kappa shape index (κ2) is 6.98. The maximum Gasteiger partial charge on any atom is 0.289 e. The van der Waals surface area contributed by atoms with Gasteiger partial charge in [-0.15, -0.1) is 0 Å². The van der Waals surface area contributed by atoms with E-state index in [1.165, 1.54) is 0 Å². The van der Waals surface area contributed by atoms with E-state index in [1.807, 2.05) is 23.2 Å². The number of morpholine rings is 1. The van der Waals surface area contributed by atoms with Crippen molar-refractivity contribution in [3.8, 4) is 0 Å². The van der Waals surface area contributed by atoms with Gasteiger partial charge in [0.2, 0.25) is 0 Å². The molecule has 6 nitrogen and oxygen atoms in total. The number of carbonyl (C=O) groups excluding carboxylic acids is 1. The minimum atomic E-state index is -0.221. The molecule has 0 aromatic carbocycles. The molecule has 25 heavy (non-hydrogen) atoms. The van der Waals surface area contributed by atoms with Crippen LogP contribution in [0.15, 0.2) is 47.2 Å². The molecule has 0 bridgehead atoms. The van der Waals surface area contributed by atoms with Gasteiger partial charge in [0.05, 0.1) is 30.7 Å². The lowest BCUT2D eigenvalue weighted by atomic mass is 9.89. The van der Waals surface area contributed by atoms with Crippen LogP contribution in [0.4, 0.5) is 0 Å². The lowest BCUT2D eigenvalue weighted by molar-refractivity contribution is -0.128. The number of aromatic nitrogens is 1. The van der Waals surface area contributed by atoms with Crippen molar-refractivity contribution < 1.29 is 13.9 Å². The summed E-state index contributed by atoms with van der Waals surface area (Å²) >= 11 is 0. The van der Waals surface area contributed by atoms with Crippen LogP contribution in [-0.4, -0.2) is 59.1 Å². The normalized spacial score (nSPS) is 20.7. The van der Waals surface area contributed by atoms with E-state index in [-0.39, 0.29) is 11.5 Å². The van der Waals surface area contributed by atoms with Crippen LogP contribution in [0.25, 0.3) is 0 Å². The van der Waals surface area contributed by atoms with Gasteiger partial charge in [-0.3, -0.25) is 14.7 Å². The average Bonchev–Trinajstić information content (AvgIpc) is 3.19. The number of ether oxygens (including phenoxy) is 1. The van der Waals surface area contributed by atoms with E-state index in [2.05, 4.69) is 16.0 Å². The first kappa shape index (κ1) is 16.3. The number of piperidine rings is 1. The lowest BCUT2D eigenvalue weighted by Gasteiger charge is -2.47. The second-order valence-electron chi connectivity index (χ2n) is 6.83. The second-order valence-corrected chi connectivity index (χ2v) is 6.83. The first-order chi connectivity index (χ1) is 12.2. The smallest absolute Gasteiger partial charge is 0.289 e. The fourth-order valence-corrected chi connectivity index (χ4v) is 3.72. The van der Waals surface area contributed by atoms with Crippen molar-refractivity contribution in [2.45, 2.75) is 25.0 Å². The predicted molar refractivity (Wildman–Crippen MR) is 92.0 cm³/mol. The molecular formula is C19H23N3O3. The molecule has 2 aliphatic rings. The SMILES string of the molecule is O=C(c1ccco1)N1CCOC2(CCN(Cc3ccccn3)CC2)C1. The van der Waals surface area contributed by atoms with Crippen molar-refractivity contribution >= 4 is 5.91 Å². The van der Waals surface area contributed by atoms with E-state index in [1.54, 1.807) is 18.4 Å². The van der Waals surface area contributed by atoms with E-state index in [0.717, 1.165) is 38.2 Å². The molecule has 2 fully saturated rings. The summed E-state index contributed by atoms with van der Waals surface area (Å²) < 4.78 is 11.4. The van der Waals surface area contributed by atoms with Crippen molar-refractivity contribution in [2.24, 2.45) is 0 Å². The van der Waals surface area contributed by atoms with Crippen LogP contribution in [0.1, 0.15) is 29.1 Å². The van der Waals surface area contributed by atoms with Gasteiger partial charge >= 0.3 is 0 Å². The van der Waals surface area contributed by atoms with E-state index < -0.39 is 0 Å². The van der Waals surface area contributed by atoms with E-state index in [9.17, 15) is 4.79 Å². The van der Waals surface area contributed by atoms with Crippen LogP contribution in [-0.2, 0) is 11.3 Å². The Balaban J connectivity index is 1.36. The maximum absolute atomic E-state index is 12.6. The summed E-state index contributed by atoms with van der Waals surface area (Å²) in [5.41, 5.74) is 0.874. The molecule has 0 saturated carbocycles. The quantitative estimate of drug-likeness (QED) is 0.856. The van der Waals surface area contributed by atoms with Crippen LogP contribution in [0.3, 0.4) is 0 Å². The standard InChI is InChI=1S/C19H23N3O3/c23-18(17-5-3-12-24-17)22-11-13-25-19(15-22)6-9-21(10-7-19)14-16-4-1-2-8-20-16/h1-5,8,12H,6-7,9-11,13-15H2. The monoisotopic (exact) mass is 341 g/mol. The largest absolute Gasteiger partial charge is 0.459 e. The van der Waals surface area contributed by atoms with Crippen LogP contribution in [0.2, 0.25) is 0 Å². The number of likely N-dealkylation sites (tertiary alicyclic amines) is 1. The van der Waals surface area contributed by atoms with Gasteiger partial charge < -0.3 is 14.1 Å². The van der Waals surface area contributed by atoms with Gasteiger partial charge in [0.25, 0.3) is 5.91 Å². The summed E-state index contributed by atoms with van der Waals surface area (Å²) in [6.45, 7) is 4.64. The molecule has 0 aliphatic carbocycles. The van der Waals surface area contributed by atoms with Gasteiger partial charge in [-0.05, 0) is 37.1 Å². The van der Waals surface area contributed by atoms with E-state index in [0.29, 0.717) is 25.5 Å². The molecule has 132 valence electrons. The summed E-state index contributed by atoms with van der Waals surface area (Å²) in [7, 11) is 0. The number of pyridine rings is 1. The number of hydrogen-bond donors (Lipinski definition) is 0. The molecule has 2 aromatic rings. The highest BCUT2D eigenvalue weighted by atomic mass is 16.5. The minimum absolute atomic E-state index is 0.0383. The zero-order valence-electron chi connectivity index (χ0n) is 14.3. The third kappa shape index (κ3) is 3.60. The fourth-order valence-electron chi connectivity index (χ4n) is 3.72. The molecule has 0 N–H and O–H groups in total. The molecule has 2 saturated heterocycles. The van der Waals surface area contributed by atoms with Crippen molar-refractivity contribution in [3.63, 3.8) is 0 Å². The summed E-state index contributed by atoms with van der Waals surface area (Å²) in [5.74, 6) is 0.369. The molecule has 2 aliphatic heterocycles. The third-order valence-corrected chi connectivity index (χ3v) is 5.15. The Morgan fingerprint density at radius 3 is 2.76 bits per heavy atom. The van der Waals surface area contributed by atoms with Crippen molar-refractivity contribution in [1.29, 1.82) is 0 Å². The van der Waals surface area contributed by atoms with Crippen LogP contribution in [0, 0.1) is 0 Å². The number of amides is 1. The molecule has 4 heterocycles. The van der Waals surface area contributed by atoms with Gasteiger partial charge in [-0.2, -0.15) is 0 Å². The van der Waals surface area contributed by atoms with Crippen molar-refractivity contribution in [3.05, 3.63) is 54.2 Å². The molecule has 0 radical (unpaired) electrons. The summed E-state index contributed by atoms with van der Waals surface area (Å²) in [4.78, 5) is 21.2. The van der Waals surface area contributed by atoms with E-state index >= 15 is 0 Å². The molecule has 0 atom stereocenters. The molecular weight excluding hydrogens is 318 g/mol. The molecule has 4 rings (SSSR count). The van der Waals surface area contributed by atoms with Gasteiger partial charge in [0.15, 0.2) is 5.76 Å². The maximum atomic E-state index is 12.6. The average molecular weight is 341 g/mol. The first-order valence-electron chi connectivity index (χ1n) is 8.83. The number of furan rings is 1. The summed E-state index contributed by atoms with van der Waals surface area (Å²) in [6, 6.07) is 9.50. The molecule has 6 heteroatoms. The number of nitrogens with zero attached hydrogens (tertiary/aromatic N) is 3. The Labute approximate surface area is 147 Å². The van der Waals surface area contributed by atoms with Gasteiger partial charge in [0.1, 0.15) is 0 Å². The third-order valence-electron chi connectivity index (χ3n) is 5.15. The Hall–Kier alpha value is -2.18. The zero-order chi connectivity index (χ0) is 17.1. The number of hydrogen-bond acceptors (Lipinski definition) is 5.